The van der Waals surface area contributed by atoms with E-state index in [4.69, 9.17) is 4.42 Å². The number of rotatable bonds is 6. The second-order valence-electron chi connectivity index (χ2n) is 7.66. The first-order valence-electron chi connectivity index (χ1n) is 9.81. The van der Waals surface area contributed by atoms with Crippen LogP contribution in [0.4, 0.5) is 4.79 Å². The number of furan rings is 1. The van der Waals surface area contributed by atoms with E-state index < -0.39 is 5.54 Å². The van der Waals surface area contributed by atoms with Crippen molar-refractivity contribution in [3.8, 4) is 0 Å². The van der Waals surface area contributed by atoms with Crippen LogP contribution in [0.2, 0.25) is 0 Å². The summed E-state index contributed by atoms with van der Waals surface area (Å²) in [5.74, 6) is 0.692. The second-order valence-corrected chi connectivity index (χ2v) is 7.66. The predicted octanol–water partition coefficient (Wildman–Crippen LogP) is 3.85. The minimum atomic E-state index is -1.05. The summed E-state index contributed by atoms with van der Waals surface area (Å²) in [6.45, 7) is 4.60. The molecule has 29 heavy (non-hydrogen) atoms. The summed E-state index contributed by atoms with van der Waals surface area (Å²) < 4.78 is 5.97. The molecular formula is C23H25N3O3. The van der Waals surface area contributed by atoms with E-state index in [9.17, 15) is 9.59 Å². The van der Waals surface area contributed by atoms with Crippen LogP contribution in [0.15, 0.2) is 59.0 Å². The summed E-state index contributed by atoms with van der Waals surface area (Å²) in [4.78, 5) is 28.9. The van der Waals surface area contributed by atoms with Crippen molar-refractivity contribution in [1.82, 2.24) is 15.1 Å². The van der Waals surface area contributed by atoms with Crippen LogP contribution in [-0.4, -0.2) is 35.5 Å². The Hall–Kier alpha value is -3.12. The molecule has 6 heteroatoms. The Balaban J connectivity index is 1.54. The fourth-order valence-corrected chi connectivity index (χ4v) is 3.96. The Kier molecular flexibility index (Phi) is 4.88. The maximum atomic E-state index is 13.1. The van der Waals surface area contributed by atoms with Gasteiger partial charge in [-0.25, -0.2) is 9.69 Å². The van der Waals surface area contributed by atoms with E-state index in [0.717, 1.165) is 34.3 Å². The van der Waals surface area contributed by atoms with Crippen LogP contribution in [0.5, 0.6) is 0 Å². The number of hydrogen-bond donors (Lipinski definition) is 1. The maximum absolute atomic E-state index is 13.1. The van der Waals surface area contributed by atoms with Crippen LogP contribution in [0, 0.1) is 0 Å². The van der Waals surface area contributed by atoms with Crippen molar-refractivity contribution in [2.75, 3.05) is 13.7 Å². The van der Waals surface area contributed by atoms with Gasteiger partial charge >= 0.3 is 6.03 Å². The fourth-order valence-electron chi connectivity index (χ4n) is 3.96. The van der Waals surface area contributed by atoms with Crippen LogP contribution in [-0.2, 0) is 23.3 Å². The number of para-hydroxylation sites is 1. The van der Waals surface area contributed by atoms with Gasteiger partial charge < -0.3 is 9.73 Å². The number of nitrogens with zero attached hydrogens (tertiary/aromatic N) is 2. The number of aryl methyl sites for hydroxylation is 1. The van der Waals surface area contributed by atoms with E-state index in [-0.39, 0.29) is 18.6 Å². The van der Waals surface area contributed by atoms with Gasteiger partial charge in [-0.1, -0.05) is 55.5 Å². The summed E-state index contributed by atoms with van der Waals surface area (Å²) in [5, 5.41) is 3.93. The largest absolute Gasteiger partial charge is 0.461 e. The maximum Gasteiger partial charge on any atom is 0.326 e. The molecule has 1 aliphatic rings. The number of urea groups is 1. The number of hydrogen-bond acceptors (Lipinski definition) is 4. The molecule has 0 bridgehead atoms. The number of carbonyl (C=O) groups excluding carboxylic acids is 2. The molecule has 2 aromatic carbocycles. The quantitative estimate of drug-likeness (QED) is 0.648. The van der Waals surface area contributed by atoms with E-state index in [2.05, 4.69) is 12.2 Å². The number of fused-ring (bicyclic) bond motifs is 1. The average Bonchev–Trinajstić information content (AvgIpc) is 3.19. The molecule has 0 radical (unpaired) electrons. The first kappa shape index (κ1) is 19.2. The highest BCUT2D eigenvalue weighted by Gasteiger charge is 2.49. The standard InChI is InChI=1S/C23H25N3O3/c1-4-19-18(17-12-8-9-13-20(17)29-19)14-25(3)15-26-21(27)23(2,24-22(26)28)16-10-6-5-7-11-16/h5-13H,4,14-15H2,1-3H3,(H,24,28)/t23-/m0/s1. The zero-order valence-corrected chi connectivity index (χ0v) is 16.9. The van der Waals surface area contributed by atoms with Gasteiger partial charge in [-0.2, -0.15) is 0 Å². The Morgan fingerprint density at radius 3 is 2.48 bits per heavy atom. The fraction of sp³-hybridized carbons (Fsp3) is 0.304. The van der Waals surface area contributed by atoms with E-state index in [1.165, 1.54) is 4.90 Å². The lowest BCUT2D eigenvalue weighted by Crippen LogP contribution is -2.42. The Morgan fingerprint density at radius 2 is 1.76 bits per heavy atom. The molecule has 2 heterocycles. The first-order chi connectivity index (χ1) is 13.9. The highest BCUT2D eigenvalue weighted by atomic mass is 16.3. The Morgan fingerprint density at radius 1 is 1.07 bits per heavy atom. The van der Waals surface area contributed by atoms with Crippen LogP contribution in [0.25, 0.3) is 11.0 Å². The van der Waals surface area contributed by atoms with Crippen molar-refractivity contribution in [1.29, 1.82) is 0 Å². The van der Waals surface area contributed by atoms with Gasteiger partial charge in [0.25, 0.3) is 5.91 Å². The number of nitrogens with one attached hydrogen (secondary N) is 1. The number of benzene rings is 2. The molecule has 3 amide bonds. The molecule has 1 N–H and O–H groups in total. The van der Waals surface area contributed by atoms with Gasteiger partial charge in [-0.05, 0) is 25.6 Å². The molecule has 0 saturated carbocycles. The minimum Gasteiger partial charge on any atom is -0.461 e. The van der Waals surface area contributed by atoms with Crippen molar-refractivity contribution < 1.29 is 14.0 Å². The van der Waals surface area contributed by atoms with Crippen molar-refractivity contribution in [3.63, 3.8) is 0 Å². The second kappa shape index (κ2) is 7.37. The van der Waals surface area contributed by atoms with Crippen molar-refractivity contribution in [3.05, 3.63) is 71.5 Å². The van der Waals surface area contributed by atoms with E-state index in [0.29, 0.717) is 6.54 Å². The van der Waals surface area contributed by atoms with E-state index >= 15 is 0 Å². The number of amides is 3. The summed E-state index contributed by atoms with van der Waals surface area (Å²) in [6, 6.07) is 16.9. The molecule has 0 unspecified atom stereocenters. The SMILES string of the molecule is CCc1oc2ccccc2c1CN(C)CN1C(=O)N[C@@](C)(c2ccccc2)C1=O. The molecule has 4 rings (SSSR count). The predicted molar refractivity (Wildman–Crippen MR) is 111 cm³/mol. The number of imide groups is 1. The molecular weight excluding hydrogens is 366 g/mol. The van der Waals surface area contributed by atoms with Crippen LogP contribution >= 0.6 is 0 Å². The molecule has 1 saturated heterocycles. The highest BCUT2D eigenvalue weighted by Crippen LogP contribution is 2.30. The zero-order chi connectivity index (χ0) is 20.6. The monoisotopic (exact) mass is 391 g/mol. The van der Waals surface area contributed by atoms with Crippen molar-refractivity contribution in [2.45, 2.75) is 32.4 Å². The van der Waals surface area contributed by atoms with Gasteiger partial charge in [0.15, 0.2) is 0 Å². The van der Waals surface area contributed by atoms with E-state index in [1.54, 1.807) is 6.92 Å². The third-order valence-corrected chi connectivity index (χ3v) is 5.54. The lowest BCUT2D eigenvalue weighted by molar-refractivity contribution is -0.132. The topological polar surface area (TPSA) is 65.8 Å². The summed E-state index contributed by atoms with van der Waals surface area (Å²) in [6.07, 6.45) is 0.785. The third-order valence-electron chi connectivity index (χ3n) is 5.54. The highest BCUT2D eigenvalue weighted by molar-refractivity contribution is 6.07. The van der Waals surface area contributed by atoms with Gasteiger partial charge in [-0.15, -0.1) is 0 Å². The van der Waals surface area contributed by atoms with Crippen molar-refractivity contribution in [2.24, 2.45) is 0 Å². The lowest BCUT2D eigenvalue weighted by Gasteiger charge is -2.24. The molecule has 1 fully saturated rings. The minimum absolute atomic E-state index is 0.204. The molecule has 1 aliphatic heterocycles. The third kappa shape index (κ3) is 3.29. The van der Waals surface area contributed by atoms with Gasteiger partial charge in [0, 0.05) is 23.9 Å². The normalized spacial score (nSPS) is 19.4. The summed E-state index contributed by atoms with van der Waals surface area (Å²) in [5.41, 5.74) is 1.69. The molecule has 1 aromatic heterocycles. The van der Waals surface area contributed by atoms with Crippen LogP contribution < -0.4 is 5.32 Å². The van der Waals surface area contributed by atoms with Gasteiger partial charge in [0.2, 0.25) is 0 Å². The summed E-state index contributed by atoms with van der Waals surface area (Å²) in [7, 11) is 1.90. The molecule has 150 valence electrons. The summed E-state index contributed by atoms with van der Waals surface area (Å²) >= 11 is 0. The van der Waals surface area contributed by atoms with E-state index in [1.807, 2.05) is 66.5 Å². The molecule has 0 aliphatic carbocycles. The van der Waals surface area contributed by atoms with Gasteiger partial charge in [0.05, 0.1) is 6.67 Å². The molecule has 6 nitrogen and oxygen atoms in total. The zero-order valence-electron chi connectivity index (χ0n) is 16.9. The Labute approximate surface area is 170 Å². The molecule has 1 atom stereocenters. The average molecular weight is 391 g/mol. The van der Waals surface area contributed by atoms with Crippen LogP contribution in [0.1, 0.15) is 30.7 Å². The van der Waals surface area contributed by atoms with Gasteiger partial charge in [-0.3, -0.25) is 9.69 Å². The Bertz CT molecular complexity index is 1060. The number of carbonyl (C=O) groups is 2. The molecule has 3 aromatic rings. The van der Waals surface area contributed by atoms with Crippen LogP contribution in [0.3, 0.4) is 0 Å². The lowest BCUT2D eigenvalue weighted by atomic mass is 9.92. The van der Waals surface area contributed by atoms with Gasteiger partial charge in [0.1, 0.15) is 16.9 Å². The molecule has 0 spiro atoms. The smallest absolute Gasteiger partial charge is 0.326 e. The van der Waals surface area contributed by atoms with Crippen molar-refractivity contribution >= 4 is 22.9 Å². The first-order valence-corrected chi connectivity index (χ1v) is 9.81.